The van der Waals surface area contributed by atoms with E-state index in [1.165, 1.54) is 7.11 Å². The van der Waals surface area contributed by atoms with Crippen LogP contribution in [0.15, 0.2) is 103 Å². The Bertz CT molecular complexity index is 2580. The van der Waals surface area contributed by atoms with Gasteiger partial charge in [0.15, 0.2) is 0 Å². The molecule has 0 spiro atoms. The number of H-pyrrole nitrogens is 2. The first-order chi connectivity index (χ1) is 29.5. The largest absolute Gasteiger partial charge is 0.453 e. The Morgan fingerprint density at radius 1 is 0.803 bits per heavy atom. The number of likely N-dealkylation sites (tertiary alicyclic amines) is 2. The number of aromatic amines is 2. The van der Waals surface area contributed by atoms with Gasteiger partial charge in [0.2, 0.25) is 17.9 Å². The van der Waals surface area contributed by atoms with Gasteiger partial charge in [-0.3, -0.25) is 14.5 Å². The molecule has 2 saturated heterocycles. The Morgan fingerprint density at radius 2 is 1.41 bits per heavy atom. The van der Waals surface area contributed by atoms with E-state index in [1.807, 2.05) is 74.3 Å². The molecule has 4 heterocycles. The van der Waals surface area contributed by atoms with Crippen LogP contribution < -0.4 is 5.32 Å². The monoisotopic (exact) mass is 817 g/mol. The van der Waals surface area contributed by atoms with Crippen LogP contribution in [0.2, 0.25) is 0 Å². The van der Waals surface area contributed by atoms with Crippen molar-refractivity contribution in [2.75, 3.05) is 34.3 Å². The highest BCUT2D eigenvalue weighted by Crippen LogP contribution is 2.37. The highest BCUT2D eigenvalue weighted by molar-refractivity contribution is 5.91. The van der Waals surface area contributed by atoms with E-state index in [4.69, 9.17) is 16.3 Å². The summed E-state index contributed by atoms with van der Waals surface area (Å²) in [6.07, 6.45) is 5.20. The van der Waals surface area contributed by atoms with Crippen LogP contribution in [0, 0.1) is 12.5 Å². The van der Waals surface area contributed by atoms with Gasteiger partial charge in [0.05, 0.1) is 55.9 Å². The van der Waals surface area contributed by atoms with Crippen molar-refractivity contribution < 1.29 is 19.1 Å². The molecule has 0 unspecified atom stereocenters. The number of imidazole rings is 2. The van der Waals surface area contributed by atoms with Crippen molar-refractivity contribution in [3.05, 3.63) is 132 Å². The second-order valence-corrected chi connectivity index (χ2v) is 16.6. The number of benzene rings is 4. The summed E-state index contributed by atoms with van der Waals surface area (Å²) in [5.41, 5.74) is 6.86. The third-order valence-electron chi connectivity index (χ3n) is 12.0. The highest BCUT2D eigenvalue weighted by atomic mass is 16.5. The lowest BCUT2D eigenvalue weighted by Gasteiger charge is -2.31. The number of alkyl carbamates (subject to hydrolysis) is 1. The van der Waals surface area contributed by atoms with E-state index in [0.29, 0.717) is 18.8 Å². The van der Waals surface area contributed by atoms with E-state index >= 15 is 0 Å². The number of methoxy groups -OCH3 is 1. The molecule has 0 aliphatic carbocycles. The quantitative estimate of drug-likeness (QED) is 0.112. The molecular formula is C48H51N9O4. The molecule has 13 heteroatoms. The average molecular weight is 818 g/mol. The molecular weight excluding hydrogens is 767 g/mol. The third kappa shape index (κ3) is 8.36. The minimum atomic E-state index is -0.795. The Hall–Kier alpha value is -6.78. The number of hydrogen-bond donors (Lipinski definition) is 3. The predicted molar refractivity (Wildman–Crippen MR) is 235 cm³/mol. The van der Waals surface area contributed by atoms with Gasteiger partial charge >= 0.3 is 6.09 Å². The van der Waals surface area contributed by atoms with E-state index in [1.54, 1.807) is 11.1 Å². The number of fused-ring (bicyclic) bond motifs is 1. The van der Waals surface area contributed by atoms with E-state index < -0.39 is 18.2 Å². The van der Waals surface area contributed by atoms with Crippen LogP contribution in [-0.4, -0.2) is 98.9 Å². The maximum atomic E-state index is 13.9. The van der Waals surface area contributed by atoms with Crippen LogP contribution in [0.4, 0.5) is 4.79 Å². The first kappa shape index (κ1) is 41.0. The number of likely N-dealkylation sites (N-methyl/N-ethyl adjacent to an activating group) is 1. The fourth-order valence-corrected chi connectivity index (χ4v) is 8.80. The Balaban J connectivity index is 0.956. The Morgan fingerprint density at radius 3 is 2.05 bits per heavy atom. The zero-order chi connectivity index (χ0) is 42.8. The molecule has 8 rings (SSSR count). The van der Waals surface area contributed by atoms with Gasteiger partial charge in [-0.15, -0.1) is 0 Å². The number of carbonyl (C=O) groups excluding carboxylic acids is 3. The van der Waals surface area contributed by atoms with Crippen molar-refractivity contribution in [3.63, 3.8) is 0 Å². The van der Waals surface area contributed by atoms with Gasteiger partial charge in [-0.05, 0) is 78.0 Å². The molecule has 0 saturated carbocycles. The molecule has 2 fully saturated rings. The van der Waals surface area contributed by atoms with Gasteiger partial charge in [-0.2, -0.15) is 0 Å². The van der Waals surface area contributed by atoms with Gasteiger partial charge in [-0.25, -0.2) is 21.3 Å². The lowest BCUT2D eigenvalue weighted by Crippen LogP contribution is -2.51. The number of nitrogens with zero attached hydrogens (tertiary/aromatic N) is 6. The minimum Gasteiger partial charge on any atom is -0.453 e. The van der Waals surface area contributed by atoms with Crippen molar-refractivity contribution in [2.24, 2.45) is 5.92 Å². The number of aromatic nitrogens is 4. The Kier molecular flexibility index (Phi) is 11.7. The lowest BCUT2D eigenvalue weighted by atomic mass is 9.98. The van der Waals surface area contributed by atoms with Crippen LogP contribution in [0.25, 0.3) is 49.3 Å². The number of nitrogens with one attached hydrogen (secondary N) is 3. The first-order valence-corrected chi connectivity index (χ1v) is 20.8. The fraction of sp³-hybridized carbons (Fsp3) is 0.333. The van der Waals surface area contributed by atoms with Crippen LogP contribution in [0.3, 0.4) is 0 Å². The number of rotatable bonds is 11. The van der Waals surface area contributed by atoms with E-state index in [2.05, 4.69) is 85.8 Å². The maximum absolute atomic E-state index is 13.9. The summed E-state index contributed by atoms with van der Waals surface area (Å²) in [5, 5.41) is 4.83. The van der Waals surface area contributed by atoms with Gasteiger partial charge in [0.1, 0.15) is 23.7 Å². The summed E-state index contributed by atoms with van der Waals surface area (Å²) in [6.45, 7) is 12.4. The van der Waals surface area contributed by atoms with Crippen LogP contribution in [-0.2, 0) is 14.3 Å². The second-order valence-electron chi connectivity index (χ2n) is 16.6. The topological polar surface area (TPSA) is 144 Å². The van der Waals surface area contributed by atoms with Gasteiger partial charge in [-0.1, -0.05) is 92.7 Å². The van der Waals surface area contributed by atoms with Crippen molar-refractivity contribution in [3.8, 4) is 33.6 Å². The fourth-order valence-electron chi connectivity index (χ4n) is 8.80. The van der Waals surface area contributed by atoms with Crippen molar-refractivity contribution >= 4 is 28.7 Å². The standard InChI is InChI=1S/C48H51N9O4/c1-29(2)42(54-48(60)61-6)46(58)57-28-37(49-3)25-41(57)45-51-27-39(53-45)36-21-20-34-23-33(18-19-35(34)24-36)30-14-16-31(17-15-30)38-26-50-44(52-38)40-13-10-22-56(40)47(59)43(55(4)5)32-11-8-7-9-12-32/h7-9,11-12,14-21,23-24,26-27,29,37,40-43H,10,13,22,25,28H2,1-2,4-6H3,(H,50,52)(H,51,53)(H,54,60)/t37-,40+,41+,42+,43-/m1/s1. The number of ether oxygens (including phenoxy) is 1. The maximum Gasteiger partial charge on any atom is 0.407 e. The normalized spacial score (nSPS) is 18.7. The molecule has 0 bridgehead atoms. The summed E-state index contributed by atoms with van der Waals surface area (Å²) >= 11 is 0. The first-order valence-electron chi connectivity index (χ1n) is 20.8. The predicted octanol–water partition coefficient (Wildman–Crippen LogP) is 8.20. The third-order valence-corrected chi connectivity index (χ3v) is 12.0. The summed E-state index contributed by atoms with van der Waals surface area (Å²) in [4.78, 5) is 65.6. The lowest BCUT2D eigenvalue weighted by molar-refractivity contribution is -0.137. The Labute approximate surface area is 356 Å². The number of carbonyl (C=O) groups is 3. The number of amides is 3. The molecule has 312 valence electrons. The number of hydrogen-bond acceptors (Lipinski definition) is 7. The smallest absolute Gasteiger partial charge is 0.407 e. The van der Waals surface area contributed by atoms with Crippen molar-refractivity contribution in [2.45, 2.75) is 63.3 Å². The SMILES string of the molecule is [C-]#[N+][C@@H]1C[C@@H](c2ncc(-c3ccc4cc(-c5ccc(-c6cnc([C@@H]7CCCN7C(=O)[C@@H](c7ccccc7)N(C)C)[nH]6)cc5)ccc4c3)[nH]2)N(C(=O)[C@@H](NC(=O)OC)C(C)C)C1. The van der Waals surface area contributed by atoms with E-state index in [-0.39, 0.29) is 42.4 Å². The summed E-state index contributed by atoms with van der Waals surface area (Å²) in [6, 6.07) is 29.0. The molecule has 61 heavy (non-hydrogen) atoms. The molecule has 5 atom stereocenters. The average Bonchev–Trinajstić information content (AvgIpc) is 4.12. The molecule has 0 radical (unpaired) electrons. The van der Waals surface area contributed by atoms with Gasteiger partial charge in [0, 0.05) is 12.1 Å². The summed E-state index contributed by atoms with van der Waals surface area (Å²) in [5.74, 6) is 1.06. The van der Waals surface area contributed by atoms with Gasteiger partial charge < -0.3 is 34.7 Å². The molecule has 4 aromatic carbocycles. The zero-order valence-electron chi connectivity index (χ0n) is 35.1. The molecule has 13 nitrogen and oxygen atoms in total. The molecule has 3 N–H and O–H groups in total. The minimum absolute atomic E-state index is 0.0910. The van der Waals surface area contributed by atoms with Crippen molar-refractivity contribution in [1.29, 1.82) is 0 Å². The molecule has 6 aromatic rings. The highest BCUT2D eigenvalue weighted by Gasteiger charge is 2.44. The van der Waals surface area contributed by atoms with Crippen molar-refractivity contribution in [1.82, 2.24) is 40.0 Å². The zero-order valence-corrected chi connectivity index (χ0v) is 35.1. The molecule has 3 amide bonds. The van der Waals surface area contributed by atoms with Gasteiger partial charge in [0.25, 0.3) is 0 Å². The van der Waals surface area contributed by atoms with E-state index in [0.717, 1.165) is 68.6 Å². The summed E-state index contributed by atoms with van der Waals surface area (Å²) in [7, 11) is 5.17. The molecule has 2 aliphatic heterocycles. The van der Waals surface area contributed by atoms with Crippen LogP contribution in [0.1, 0.15) is 68.4 Å². The molecule has 2 aromatic heterocycles. The van der Waals surface area contributed by atoms with E-state index in [9.17, 15) is 14.4 Å². The molecule has 2 aliphatic rings. The van der Waals surface area contributed by atoms with Crippen LogP contribution >= 0.6 is 0 Å². The second kappa shape index (κ2) is 17.4. The van der Waals surface area contributed by atoms with Crippen LogP contribution in [0.5, 0.6) is 0 Å². The summed E-state index contributed by atoms with van der Waals surface area (Å²) < 4.78 is 4.77.